The Kier molecular flexibility index (Phi) is 4.19. The van der Waals surface area contributed by atoms with E-state index in [1.807, 2.05) is 18.4 Å². The molecular weight excluding hydrogens is 208 g/mol. The highest BCUT2D eigenvalue weighted by atomic mass is 32.2. The van der Waals surface area contributed by atoms with Crippen molar-refractivity contribution in [1.29, 1.82) is 5.26 Å². The molecule has 3 nitrogen and oxygen atoms in total. The average molecular weight is 220 g/mol. The van der Waals surface area contributed by atoms with Gasteiger partial charge in [-0.3, -0.25) is 4.79 Å². The quantitative estimate of drug-likeness (QED) is 0.781. The van der Waals surface area contributed by atoms with E-state index in [1.165, 1.54) is 11.8 Å². The minimum atomic E-state index is 0.0394. The molecule has 0 radical (unpaired) electrons. The minimum Gasteiger partial charge on any atom is -0.315 e. The van der Waals surface area contributed by atoms with Crippen molar-refractivity contribution in [1.82, 2.24) is 0 Å². The number of hydrogen-bond donors (Lipinski definition) is 0. The van der Waals surface area contributed by atoms with Crippen LogP contribution in [0.25, 0.3) is 0 Å². The van der Waals surface area contributed by atoms with Crippen LogP contribution in [-0.2, 0) is 4.79 Å². The zero-order valence-corrected chi connectivity index (χ0v) is 9.54. The van der Waals surface area contributed by atoms with Gasteiger partial charge >= 0.3 is 0 Å². The van der Waals surface area contributed by atoms with E-state index in [1.54, 1.807) is 30.1 Å². The van der Waals surface area contributed by atoms with E-state index in [-0.39, 0.29) is 5.91 Å². The number of rotatable bonds is 3. The first kappa shape index (κ1) is 11.6. The van der Waals surface area contributed by atoms with Crippen LogP contribution in [0.2, 0.25) is 0 Å². The smallest absolute Gasteiger partial charge is 0.236 e. The minimum absolute atomic E-state index is 0.0394. The van der Waals surface area contributed by atoms with Crippen LogP contribution in [0.15, 0.2) is 24.3 Å². The Morgan fingerprint density at radius 2 is 2.33 bits per heavy atom. The molecule has 78 valence electrons. The second kappa shape index (κ2) is 5.42. The maximum Gasteiger partial charge on any atom is 0.236 e. The second-order valence-electron chi connectivity index (χ2n) is 3.05. The highest BCUT2D eigenvalue weighted by molar-refractivity contribution is 7.99. The summed E-state index contributed by atoms with van der Waals surface area (Å²) in [5, 5.41) is 8.73. The number of hydrogen-bond acceptors (Lipinski definition) is 3. The molecule has 1 rings (SSSR count). The van der Waals surface area contributed by atoms with Gasteiger partial charge in [-0.05, 0) is 24.5 Å². The van der Waals surface area contributed by atoms with Gasteiger partial charge in [0.25, 0.3) is 0 Å². The van der Waals surface area contributed by atoms with E-state index in [0.29, 0.717) is 11.3 Å². The molecule has 0 heterocycles. The zero-order valence-electron chi connectivity index (χ0n) is 8.73. The van der Waals surface area contributed by atoms with Gasteiger partial charge < -0.3 is 4.90 Å². The first-order valence-corrected chi connectivity index (χ1v) is 5.84. The van der Waals surface area contributed by atoms with E-state index >= 15 is 0 Å². The lowest BCUT2D eigenvalue weighted by molar-refractivity contribution is -0.115. The van der Waals surface area contributed by atoms with Crippen molar-refractivity contribution >= 4 is 23.4 Å². The van der Waals surface area contributed by atoms with Gasteiger partial charge in [0.2, 0.25) is 5.91 Å². The fourth-order valence-corrected chi connectivity index (χ4v) is 1.59. The maximum atomic E-state index is 11.6. The van der Waals surface area contributed by atoms with Gasteiger partial charge in [-0.2, -0.15) is 17.0 Å². The van der Waals surface area contributed by atoms with Crippen molar-refractivity contribution < 1.29 is 4.79 Å². The van der Waals surface area contributed by atoms with Crippen LogP contribution in [0, 0.1) is 11.3 Å². The average Bonchev–Trinajstić information content (AvgIpc) is 2.28. The first-order valence-electron chi connectivity index (χ1n) is 4.44. The molecule has 0 spiro atoms. The molecule has 0 unspecified atom stereocenters. The van der Waals surface area contributed by atoms with Crippen molar-refractivity contribution in [2.24, 2.45) is 0 Å². The number of amides is 1. The second-order valence-corrected chi connectivity index (χ2v) is 3.91. The third kappa shape index (κ3) is 3.00. The number of benzene rings is 1. The third-order valence-electron chi connectivity index (χ3n) is 2.00. The summed E-state index contributed by atoms with van der Waals surface area (Å²) < 4.78 is 0. The number of nitriles is 1. The fraction of sp³-hybridized carbons (Fsp3) is 0.273. The molecule has 0 N–H and O–H groups in total. The van der Waals surface area contributed by atoms with E-state index in [4.69, 9.17) is 5.26 Å². The van der Waals surface area contributed by atoms with Crippen molar-refractivity contribution in [3.63, 3.8) is 0 Å². The number of anilines is 1. The van der Waals surface area contributed by atoms with E-state index in [2.05, 4.69) is 0 Å². The van der Waals surface area contributed by atoms with Gasteiger partial charge in [0.15, 0.2) is 0 Å². The molecule has 15 heavy (non-hydrogen) atoms. The van der Waals surface area contributed by atoms with Crippen LogP contribution in [0.5, 0.6) is 0 Å². The molecular formula is C11H12N2OS. The SMILES string of the molecule is CSCC(=O)N(C)c1cccc(C#N)c1. The third-order valence-corrected chi connectivity index (χ3v) is 2.54. The van der Waals surface area contributed by atoms with Crippen LogP contribution in [0.3, 0.4) is 0 Å². The van der Waals surface area contributed by atoms with Crippen LogP contribution in [0.4, 0.5) is 5.69 Å². The summed E-state index contributed by atoms with van der Waals surface area (Å²) in [6.45, 7) is 0. The highest BCUT2D eigenvalue weighted by Crippen LogP contribution is 2.15. The van der Waals surface area contributed by atoms with Gasteiger partial charge in [0, 0.05) is 12.7 Å². The summed E-state index contributed by atoms with van der Waals surface area (Å²) >= 11 is 1.49. The molecule has 4 heteroatoms. The van der Waals surface area contributed by atoms with E-state index in [9.17, 15) is 4.79 Å². The van der Waals surface area contributed by atoms with Crippen molar-refractivity contribution in [2.75, 3.05) is 24.0 Å². The molecule has 0 fully saturated rings. The van der Waals surface area contributed by atoms with Crippen molar-refractivity contribution in [3.05, 3.63) is 29.8 Å². The molecule has 0 atom stereocenters. The van der Waals surface area contributed by atoms with Crippen LogP contribution in [0.1, 0.15) is 5.56 Å². The summed E-state index contributed by atoms with van der Waals surface area (Å²) in [6, 6.07) is 9.07. The molecule has 0 bridgehead atoms. The lowest BCUT2D eigenvalue weighted by Gasteiger charge is -2.16. The van der Waals surface area contributed by atoms with Crippen LogP contribution in [-0.4, -0.2) is 25.0 Å². The van der Waals surface area contributed by atoms with Crippen LogP contribution < -0.4 is 4.90 Å². The molecule has 1 aromatic rings. The van der Waals surface area contributed by atoms with Gasteiger partial charge in [0.05, 0.1) is 17.4 Å². The highest BCUT2D eigenvalue weighted by Gasteiger charge is 2.09. The molecule has 1 aromatic carbocycles. The molecule has 1 amide bonds. The number of carbonyl (C=O) groups excluding carboxylic acids is 1. The van der Waals surface area contributed by atoms with Crippen molar-refractivity contribution in [2.45, 2.75) is 0 Å². The maximum absolute atomic E-state index is 11.6. The monoisotopic (exact) mass is 220 g/mol. The Morgan fingerprint density at radius 3 is 2.93 bits per heavy atom. The Labute approximate surface area is 93.7 Å². The Bertz CT molecular complexity index is 398. The molecule has 0 saturated carbocycles. The largest absolute Gasteiger partial charge is 0.315 e. The molecule has 0 aliphatic heterocycles. The molecule has 0 aliphatic rings. The summed E-state index contributed by atoms with van der Waals surface area (Å²) in [7, 11) is 1.72. The zero-order chi connectivity index (χ0) is 11.3. The number of thioether (sulfide) groups is 1. The fourth-order valence-electron chi connectivity index (χ4n) is 1.15. The lowest BCUT2D eigenvalue weighted by atomic mass is 10.2. The van der Waals surface area contributed by atoms with Gasteiger partial charge in [-0.1, -0.05) is 6.07 Å². The van der Waals surface area contributed by atoms with Crippen LogP contribution >= 0.6 is 11.8 Å². The molecule has 0 saturated heterocycles. The Hall–Kier alpha value is -1.47. The predicted molar refractivity (Wildman–Crippen MR) is 62.9 cm³/mol. The first-order chi connectivity index (χ1) is 7.19. The van der Waals surface area contributed by atoms with E-state index in [0.717, 1.165) is 5.69 Å². The molecule has 0 aromatic heterocycles. The Morgan fingerprint density at radius 1 is 1.60 bits per heavy atom. The van der Waals surface area contributed by atoms with E-state index < -0.39 is 0 Å². The summed E-state index contributed by atoms with van der Waals surface area (Å²) in [5.74, 6) is 0.491. The Balaban J connectivity index is 2.87. The molecule has 0 aliphatic carbocycles. The standard InChI is InChI=1S/C11H12N2OS/c1-13(11(14)8-15-2)10-5-3-4-9(6-10)7-12/h3-6H,8H2,1-2H3. The number of carbonyl (C=O) groups is 1. The predicted octanol–water partition coefficient (Wildman–Crippen LogP) is 1.88. The van der Waals surface area contributed by atoms with Crippen molar-refractivity contribution in [3.8, 4) is 6.07 Å². The normalized spacial score (nSPS) is 9.40. The summed E-state index contributed by atoms with van der Waals surface area (Å²) in [4.78, 5) is 13.1. The van der Waals surface area contributed by atoms with Gasteiger partial charge in [-0.15, -0.1) is 0 Å². The number of nitrogens with zero attached hydrogens (tertiary/aromatic N) is 2. The van der Waals surface area contributed by atoms with Gasteiger partial charge in [-0.25, -0.2) is 0 Å². The summed E-state index contributed by atoms with van der Waals surface area (Å²) in [5.41, 5.74) is 1.32. The topological polar surface area (TPSA) is 44.1 Å². The summed E-state index contributed by atoms with van der Waals surface area (Å²) in [6.07, 6.45) is 1.89. The lowest BCUT2D eigenvalue weighted by Crippen LogP contribution is -2.27. The van der Waals surface area contributed by atoms with Gasteiger partial charge in [0.1, 0.15) is 0 Å².